The molecule has 0 saturated carbocycles. The zero-order valence-electron chi connectivity index (χ0n) is 22.5. The lowest BCUT2D eigenvalue weighted by Crippen LogP contribution is -2.60. The van der Waals surface area contributed by atoms with Crippen LogP contribution in [0.3, 0.4) is 0 Å². The number of phenolic OH excluding ortho intramolecular Hbond substituents is 1. The van der Waals surface area contributed by atoms with E-state index in [9.17, 15) is 19.5 Å². The molecule has 0 aliphatic carbocycles. The van der Waals surface area contributed by atoms with Crippen LogP contribution in [-0.4, -0.2) is 45.9 Å². The molecule has 198 valence electrons. The maximum atomic E-state index is 12.9. The Bertz CT molecular complexity index is 1080. The molecule has 1 atom stereocenters. The van der Waals surface area contributed by atoms with E-state index in [4.69, 9.17) is 4.52 Å². The molecule has 2 N–H and O–H groups in total. The molecule has 0 aliphatic rings. The Labute approximate surface area is 221 Å². The number of nitrogens with one attached hydrogen (secondary N) is 1. The molecule has 36 heavy (non-hydrogen) atoms. The van der Waals surface area contributed by atoms with Crippen LogP contribution >= 0.6 is 23.5 Å². The van der Waals surface area contributed by atoms with Crippen LogP contribution in [0.5, 0.6) is 5.75 Å². The number of benzene rings is 1. The van der Waals surface area contributed by atoms with Gasteiger partial charge in [-0.3, -0.25) is 24.2 Å². The maximum Gasteiger partial charge on any atom is 0.305 e. The summed E-state index contributed by atoms with van der Waals surface area (Å²) in [6, 6.07) is 3.87. The van der Waals surface area contributed by atoms with Crippen molar-refractivity contribution in [2.45, 2.75) is 71.1 Å². The molecule has 1 aromatic carbocycles. The average molecular weight is 538 g/mol. The van der Waals surface area contributed by atoms with E-state index in [1.165, 1.54) is 34.7 Å². The first kappa shape index (κ1) is 29.7. The van der Waals surface area contributed by atoms with E-state index in [1.54, 1.807) is 14.0 Å². The highest BCUT2D eigenvalue weighted by atomic mass is 32.2. The van der Waals surface area contributed by atoms with E-state index in [2.05, 4.69) is 10.6 Å². The minimum absolute atomic E-state index is 0.0540. The SMILES string of the molecule is CC(=O)SC[C@@H](C)C(=O)Nc1c[n+](N(C)C(=O)CSc2cc(C(C)(C)C)c(O)c(C(C)(C)C)c2)no1. The Morgan fingerprint density at radius 2 is 1.69 bits per heavy atom. The highest BCUT2D eigenvalue weighted by Gasteiger charge is 2.28. The minimum atomic E-state index is -0.408. The third-order valence-electron chi connectivity index (χ3n) is 5.42. The molecule has 0 unspecified atom stereocenters. The van der Waals surface area contributed by atoms with Crippen LogP contribution in [0.1, 0.15) is 66.5 Å². The van der Waals surface area contributed by atoms with Gasteiger partial charge < -0.3 is 5.11 Å². The molecule has 2 amide bonds. The molecular weight excluding hydrogens is 500 g/mol. The van der Waals surface area contributed by atoms with Crippen molar-refractivity contribution in [2.24, 2.45) is 5.92 Å². The lowest BCUT2D eigenvalue weighted by atomic mass is 9.79. The summed E-state index contributed by atoms with van der Waals surface area (Å²) >= 11 is 2.46. The van der Waals surface area contributed by atoms with Crippen molar-refractivity contribution in [3.8, 4) is 5.75 Å². The second-order valence-corrected chi connectivity index (χ2v) is 13.0. The largest absolute Gasteiger partial charge is 0.507 e. The molecule has 0 saturated heterocycles. The predicted molar refractivity (Wildman–Crippen MR) is 143 cm³/mol. The van der Waals surface area contributed by atoms with Crippen LogP contribution in [0.4, 0.5) is 5.88 Å². The Hall–Kier alpha value is -2.53. The molecule has 0 spiro atoms. The average Bonchev–Trinajstić information content (AvgIpc) is 3.22. The summed E-state index contributed by atoms with van der Waals surface area (Å²) in [6.45, 7) is 15.4. The van der Waals surface area contributed by atoms with Crippen LogP contribution in [0, 0.1) is 5.92 Å². The van der Waals surface area contributed by atoms with Gasteiger partial charge in [-0.2, -0.15) is 0 Å². The minimum Gasteiger partial charge on any atom is -0.507 e. The molecule has 0 radical (unpaired) electrons. The highest BCUT2D eigenvalue weighted by molar-refractivity contribution is 8.13. The van der Waals surface area contributed by atoms with Gasteiger partial charge in [0.25, 0.3) is 12.1 Å². The number of amides is 2. The molecule has 11 heteroatoms. The molecule has 0 aliphatic heterocycles. The van der Waals surface area contributed by atoms with Gasteiger partial charge in [0, 0.05) is 34.6 Å². The second kappa shape index (κ2) is 11.7. The number of hydrogen-bond donors (Lipinski definition) is 2. The number of carbonyl (C=O) groups is 3. The van der Waals surface area contributed by atoms with Crippen molar-refractivity contribution < 1.29 is 28.8 Å². The summed E-state index contributed by atoms with van der Waals surface area (Å²) in [7, 11) is 1.56. The topological polar surface area (TPSA) is 117 Å². The van der Waals surface area contributed by atoms with Crippen molar-refractivity contribution in [1.82, 2.24) is 5.27 Å². The molecule has 2 aromatic rings. The summed E-state index contributed by atoms with van der Waals surface area (Å²) < 4.78 is 5.14. The Morgan fingerprint density at radius 3 is 2.19 bits per heavy atom. The van der Waals surface area contributed by atoms with Crippen molar-refractivity contribution in [3.05, 3.63) is 29.5 Å². The first-order valence-electron chi connectivity index (χ1n) is 11.6. The van der Waals surface area contributed by atoms with Crippen molar-refractivity contribution in [2.75, 3.05) is 28.9 Å². The number of thioether (sulfide) groups is 2. The molecule has 0 bridgehead atoms. The summed E-state index contributed by atoms with van der Waals surface area (Å²) in [4.78, 5) is 38.4. The quantitative estimate of drug-likeness (QED) is 0.383. The molecule has 1 aromatic heterocycles. The zero-order valence-corrected chi connectivity index (χ0v) is 24.1. The number of phenols is 1. The predicted octanol–water partition coefficient (Wildman–Crippen LogP) is 4.00. The van der Waals surface area contributed by atoms with E-state index in [-0.39, 0.29) is 39.4 Å². The van der Waals surface area contributed by atoms with Gasteiger partial charge in [-0.05, 0) is 23.0 Å². The van der Waals surface area contributed by atoms with Gasteiger partial charge in [0.1, 0.15) is 5.75 Å². The number of carbonyl (C=O) groups excluding carboxylic acids is 3. The number of rotatable bonds is 8. The molecular formula is C25H37N4O5S2+. The van der Waals surface area contributed by atoms with Gasteiger partial charge >= 0.3 is 5.88 Å². The Morgan fingerprint density at radius 1 is 1.14 bits per heavy atom. The number of aromatic nitrogens is 2. The van der Waals surface area contributed by atoms with Crippen LogP contribution < -0.4 is 15.1 Å². The summed E-state index contributed by atoms with van der Waals surface area (Å²) in [5.74, 6) is -0.0709. The van der Waals surface area contributed by atoms with Crippen molar-refractivity contribution in [3.63, 3.8) is 0 Å². The van der Waals surface area contributed by atoms with E-state index < -0.39 is 5.92 Å². The monoisotopic (exact) mass is 537 g/mol. The molecule has 1 heterocycles. The standard InChI is InChI=1S/C25H36N4O5S2/c1-15(13-35-16(2)30)23(33)26-20-12-29(27-34-20)28(9)21(31)14-36-17-10-18(24(3,4)5)22(32)19(11-17)25(6,7)8/h10-12,15H,13-14H2,1-9H3,(H-,26,27,32,33)/p+1/t15-/m1/s1. The summed E-state index contributed by atoms with van der Waals surface area (Å²) in [6.07, 6.45) is 1.40. The molecule has 2 rings (SSSR count). The van der Waals surface area contributed by atoms with Crippen molar-refractivity contribution >= 4 is 46.3 Å². The number of anilines is 1. The first-order valence-corrected chi connectivity index (χ1v) is 13.6. The van der Waals surface area contributed by atoms with Gasteiger partial charge in [-0.25, -0.2) is 0 Å². The fraction of sp³-hybridized carbons (Fsp3) is 0.560. The Kier molecular flexibility index (Phi) is 9.64. The van der Waals surface area contributed by atoms with E-state index in [1.807, 2.05) is 53.7 Å². The maximum absolute atomic E-state index is 12.9. The molecule has 9 nitrogen and oxygen atoms in total. The van der Waals surface area contributed by atoms with Crippen LogP contribution in [0.25, 0.3) is 0 Å². The normalized spacial score (nSPS) is 12.8. The fourth-order valence-corrected chi connectivity index (χ4v) is 4.70. The summed E-state index contributed by atoms with van der Waals surface area (Å²) in [5, 5.41) is 18.6. The lowest BCUT2D eigenvalue weighted by Gasteiger charge is -2.28. The van der Waals surface area contributed by atoms with Gasteiger partial charge in [-0.1, -0.05) is 65.2 Å². The highest BCUT2D eigenvalue weighted by Crippen LogP contribution is 2.41. The van der Waals surface area contributed by atoms with E-state index in [0.29, 0.717) is 11.5 Å². The van der Waals surface area contributed by atoms with Gasteiger partial charge in [0.05, 0.1) is 17.6 Å². The van der Waals surface area contributed by atoms with Gasteiger partial charge in [0.15, 0.2) is 5.12 Å². The summed E-state index contributed by atoms with van der Waals surface area (Å²) in [5.41, 5.74) is 1.14. The van der Waals surface area contributed by atoms with Gasteiger partial charge in [-0.15, -0.1) is 11.8 Å². The van der Waals surface area contributed by atoms with Crippen molar-refractivity contribution in [1.29, 1.82) is 0 Å². The smallest absolute Gasteiger partial charge is 0.305 e. The van der Waals surface area contributed by atoms with E-state index >= 15 is 0 Å². The van der Waals surface area contributed by atoms with Crippen LogP contribution in [-0.2, 0) is 25.2 Å². The van der Waals surface area contributed by atoms with Crippen LogP contribution in [0.2, 0.25) is 0 Å². The lowest BCUT2D eigenvalue weighted by molar-refractivity contribution is -0.746. The molecule has 0 fully saturated rings. The number of aromatic hydroxyl groups is 1. The van der Waals surface area contributed by atoms with Crippen LogP contribution in [0.15, 0.2) is 27.7 Å². The number of nitrogens with zero attached hydrogens (tertiary/aromatic N) is 3. The third kappa shape index (κ3) is 7.99. The number of hydrogen-bond acceptors (Lipinski definition) is 8. The van der Waals surface area contributed by atoms with Gasteiger partial charge in [0.2, 0.25) is 11.2 Å². The fourth-order valence-electron chi connectivity index (χ4n) is 3.18. The second-order valence-electron chi connectivity index (χ2n) is 10.8. The van der Waals surface area contributed by atoms with E-state index in [0.717, 1.165) is 27.8 Å². The first-order chi connectivity index (χ1) is 16.5. The zero-order chi connectivity index (χ0) is 27.4. The third-order valence-corrected chi connectivity index (χ3v) is 7.45. The Balaban J connectivity index is 2.09.